The summed E-state index contributed by atoms with van der Waals surface area (Å²) >= 11 is 0. The van der Waals surface area contributed by atoms with Crippen molar-refractivity contribution in [3.8, 4) is 23.0 Å². The first-order valence-corrected chi connectivity index (χ1v) is 14.6. The normalized spacial score (nSPS) is 12.9. The number of hydrogen-bond acceptors (Lipinski definition) is 6. The molecule has 0 aromatic carbocycles. The fourth-order valence-electron chi connectivity index (χ4n) is 3.60. The van der Waals surface area contributed by atoms with Crippen LogP contribution in [0.2, 0.25) is 6.04 Å². The molecule has 0 saturated heterocycles. The Morgan fingerprint density at radius 1 is 0.771 bits per heavy atom. The van der Waals surface area contributed by atoms with E-state index in [9.17, 15) is 0 Å². The van der Waals surface area contributed by atoms with E-state index in [0.29, 0.717) is 34.0 Å². The average molecular weight is 500 g/mol. The molecule has 0 saturated carbocycles. The van der Waals surface area contributed by atoms with E-state index in [-0.39, 0.29) is 0 Å². The molecule has 2 rings (SSSR count). The van der Waals surface area contributed by atoms with Crippen LogP contribution in [0.25, 0.3) is 11.3 Å². The highest BCUT2D eigenvalue weighted by molar-refractivity contribution is 6.28. The summed E-state index contributed by atoms with van der Waals surface area (Å²) in [5, 5.41) is 8.56. The number of nitrogens with zero attached hydrogens (tertiary/aromatic N) is 3. The summed E-state index contributed by atoms with van der Waals surface area (Å²) in [5.74, 6) is 2.72. The molecule has 35 heavy (non-hydrogen) atoms. The van der Waals surface area contributed by atoms with Crippen molar-refractivity contribution in [1.82, 2.24) is 15.2 Å². The molecule has 0 spiro atoms. The van der Waals surface area contributed by atoms with E-state index < -0.39 is 0 Å². The Labute approximate surface area is 215 Å². The minimum absolute atomic E-state index is 0.415. The molecule has 2 aromatic rings. The average Bonchev–Trinajstić information content (AvgIpc) is 2.88. The zero-order chi connectivity index (χ0) is 25.1. The van der Waals surface area contributed by atoms with Gasteiger partial charge < -0.3 is 13.9 Å². The molecular weight excluding hydrogens is 454 g/mol. The monoisotopic (exact) mass is 499 g/mol. The predicted molar refractivity (Wildman–Crippen MR) is 144 cm³/mol. The molecule has 2 heterocycles. The maximum Gasteiger partial charge on any atom is 0.313 e. The van der Waals surface area contributed by atoms with Crippen LogP contribution < -0.4 is 9.16 Å². The summed E-state index contributed by atoms with van der Waals surface area (Å²) in [7, 11) is 0.415. The highest BCUT2D eigenvalue weighted by Gasteiger charge is 2.09. The van der Waals surface area contributed by atoms with Crippen molar-refractivity contribution in [2.24, 2.45) is 11.8 Å². The molecule has 0 aliphatic carbocycles. The molecule has 6 nitrogen and oxygen atoms in total. The number of hydrogen-bond donors (Lipinski definition) is 0. The molecule has 194 valence electrons. The van der Waals surface area contributed by atoms with Crippen molar-refractivity contribution in [3.63, 3.8) is 0 Å². The van der Waals surface area contributed by atoms with Gasteiger partial charge in [0.1, 0.15) is 0 Å². The third-order valence-corrected chi connectivity index (χ3v) is 7.28. The predicted octanol–water partition coefficient (Wildman–Crippen LogP) is 7.17. The first-order valence-electron chi connectivity index (χ1n) is 13.5. The first-order chi connectivity index (χ1) is 17.1. The highest BCUT2D eigenvalue weighted by atomic mass is 28.2. The van der Waals surface area contributed by atoms with Gasteiger partial charge in [-0.1, -0.05) is 66.2 Å². The first kappa shape index (κ1) is 29.2. The zero-order valence-electron chi connectivity index (χ0n) is 22.3. The molecule has 0 bridgehead atoms. The summed E-state index contributed by atoms with van der Waals surface area (Å²) < 4.78 is 17.2. The molecule has 0 aliphatic heterocycles. The van der Waals surface area contributed by atoms with Crippen LogP contribution in [-0.4, -0.2) is 44.8 Å². The third-order valence-electron chi connectivity index (χ3n) is 6.06. The lowest BCUT2D eigenvalue weighted by Gasteiger charge is -2.14. The minimum Gasteiger partial charge on any atom is -0.527 e. The number of rotatable bonds is 20. The smallest absolute Gasteiger partial charge is 0.313 e. The molecule has 0 fully saturated rings. The second kappa shape index (κ2) is 18.3. The minimum atomic E-state index is 0.415. The Hall–Kier alpha value is -1.99. The van der Waals surface area contributed by atoms with Crippen LogP contribution in [0, 0.1) is 11.8 Å². The molecule has 2 aromatic heterocycles. The zero-order valence-corrected chi connectivity index (χ0v) is 23.3. The molecule has 2 radical (unpaired) electrons. The van der Waals surface area contributed by atoms with Crippen LogP contribution in [0.1, 0.15) is 85.5 Å². The Morgan fingerprint density at radius 2 is 1.51 bits per heavy atom. The molecular formula is C28H45N3O3Si. The summed E-state index contributed by atoms with van der Waals surface area (Å²) in [6.07, 6.45) is 12.6. The number of unbranched alkanes of at least 4 members (excludes halogenated alkanes) is 3. The summed E-state index contributed by atoms with van der Waals surface area (Å²) in [4.78, 5) is 4.40. The van der Waals surface area contributed by atoms with Gasteiger partial charge in [0.25, 0.3) is 0 Å². The number of ether oxygens (including phenoxy) is 2. The van der Waals surface area contributed by atoms with Crippen LogP contribution in [-0.2, 0) is 4.74 Å². The van der Waals surface area contributed by atoms with Crippen LogP contribution >= 0.6 is 0 Å². The molecule has 0 amide bonds. The summed E-state index contributed by atoms with van der Waals surface area (Å²) in [5.41, 5.74) is 1.69. The van der Waals surface area contributed by atoms with Gasteiger partial charge in [0, 0.05) is 37.1 Å². The van der Waals surface area contributed by atoms with Crippen molar-refractivity contribution in [1.29, 1.82) is 0 Å². The Morgan fingerprint density at radius 3 is 2.23 bits per heavy atom. The van der Waals surface area contributed by atoms with Gasteiger partial charge in [-0.2, -0.15) is 0 Å². The maximum atomic E-state index is 5.86. The lowest BCUT2D eigenvalue weighted by atomic mass is 9.95. The van der Waals surface area contributed by atoms with Crippen LogP contribution in [0.15, 0.2) is 30.5 Å². The van der Waals surface area contributed by atoms with Gasteiger partial charge in [-0.3, -0.25) is 0 Å². The molecule has 0 N–H and O–H groups in total. The van der Waals surface area contributed by atoms with E-state index in [1.54, 1.807) is 6.20 Å². The van der Waals surface area contributed by atoms with Crippen molar-refractivity contribution in [2.45, 2.75) is 91.5 Å². The molecule has 2 atom stereocenters. The lowest BCUT2D eigenvalue weighted by Crippen LogP contribution is -2.09. The number of aromatic nitrogens is 3. The Bertz CT molecular complexity index is 774. The van der Waals surface area contributed by atoms with Gasteiger partial charge >= 0.3 is 9.76 Å². The van der Waals surface area contributed by atoms with Crippen LogP contribution in [0.3, 0.4) is 0 Å². The second-order valence-electron chi connectivity index (χ2n) is 9.54. The molecule has 7 heteroatoms. The topological polar surface area (TPSA) is 66.4 Å². The quantitative estimate of drug-likeness (QED) is 0.142. The van der Waals surface area contributed by atoms with E-state index in [0.717, 1.165) is 55.7 Å². The van der Waals surface area contributed by atoms with E-state index in [4.69, 9.17) is 13.9 Å². The summed E-state index contributed by atoms with van der Waals surface area (Å²) in [6, 6.07) is 8.74. The standard InChI is InChI=1S/C28H45N3O3Si/c1-5-7-11-23(3)12-13-24(4)22-35-34-28-17-15-26(30-31-28)25-14-16-27(29-21-25)33-20-10-9-19-32-18-8-6-2/h14-17,21,23-24H,5-13,18-20,22H2,1-4H3. The lowest BCUT2D eigenvalue weighted by molar-refractivity contribution is 0.123. The van der Waals surface area contributed by atoms with Crippen LogP contribution in [0.4, 0.5) is 0 Å². The Balaban J connectivity index is 1.64. The van der Waals surface area contributed by atoms with E-state index in [1.807, 2.05) is 24.3 Å². The maximum absolute atomic E-state index is 5.86. The van der Waals surface area contributed by atoms with Gasteiger partial charge in [0.15, 0.2) is 0 Å². The van der Waals surface area contributed by atoms with E-state index in [1.165, 1.54) is 38.5 Å². The molecule has 2 unspecified atom stereocenters. The SMILES string of the molecule is CCCCOCCCCOc1ccc(-c2ccc(O[Si]CC(C)CCC(C)CCCC)nn2)cn1. The summed E-state index contributed by atoms with van der Waals surface area (Å²) in [6.45, 7) is 11.4. The van der Waals surface area contributed by atoms with Crippen molar-refractivity contribution < 1.29 is 13.9 Å². The second-order valence-corrected chi connectivity index (χ2v) is 10.4. The van der Waals surface area contributed by atoms with E-state index >= 15 is 0 Å². The third kappa shape index (κ3) is 13.0. The van der Waals surface area contributed by atoms with Crippen molar-refractivity contribution in [2.75, 3.05) is 19.8 Å². The van der Waals surface area contributed by atoms with Crippen LogP contribution in [0.5, 0.6) is 11.8 Å². The fraction of sp³-hybridized carbons (Fsp3) is 0.679. The number of pyridine rings is 1. The Kier molecular flexibility index (Phi) is 15.3. The van der Waals surface area contributed by atoms with Gasteiger partial charge in [-0.25, -0.2) is 4.98 Å². The van der Waals surface area contributed by atoms with Gasteiger partial charge in [0.05, 0.1) is 12.3 Å². The fourth-order valence-corrected chi connectivity index (χ4v) is 4.43. The molecule has 0 aliphatic rings. The van der Waals surface area contributed by atoms with Crippen molar-refractivity contribution >= 4 is 9.76 Å². The van der Waals surface area contributed by atoms with Gasteiger partial charge in [-0.15, -0.1) is 10.2 Å². The largest absolute Gasteiger partial charge is 0.527 e. The van der Waals surface area contributed by atoms with Crippen molar-refractivity contribution in [3.05, 3.63) is 30.5 Å². The van der Waals surface area contributed by atoms with Gasteiger partial charge in [-0.05, 0) is 49.3 Å². The van der Waals surface area contributed by atoms with E-state index in [2.05, 4.69) is 42.9 Å². The highest BCUT2D eigenvalue weighted by Crippen LogP contribution is 2.21. The van der Waals surface area contributed by atoms with Gasteiger partial charge in [0.2, 0.25) is 11.8 Å².